The van der Waals surface area contributed by atoms with Gasteiger partial charge < -0.3 is 9.74 Å². The number of benzene rings is 2. The normalized spacial score (nSPS) is 18.9. The third kappa shape index (κ3) is 3.39. The molecular weight excluding hydrogens is 419 g/mol. The first-order valence-electron chi connectivity index (χ1n) is 8.79. The zero-order valence-corrected chi connectivity index (χ0v) is 17.3. The van der Waals surface area contributed by atoms with Crippen LogP contribution in [0.15, 0.2) is 52.6 Å². The molecule has 0 aromatic heterocycles. The summed E-state index contributed by atoms with van der Waals surface area (Å²) in [5.41, 5.74) is 1.94. The number of oxime groups is 1. The van der Waals surface area contributed by atoms with Gasteiger partial charge >= 0.3 is 0 Å². The molecule has 2 aromatic carbocycles. The first-order chi connectivity index (χ1) is 13.8. The molecule has 10 heteroatoms. The molecule has 0 radical (unpaired) electrons. The molecule has 0 N–H and O–H groups in total. The van der Waals surface area contributed by atoms with E-state index < -0.39 is 21.9 Å². The topological polar surface area (TPSA) is 74.6 Å². The number of hydrogen-bond acceptors (Lipinski definition) is 6. The van der Waals surface area contributed by atoms with Crippen molar-refractivity contribution in [3.05, 3.63) is 64.4 Å². The minimum atomic E-state index is -3.84. The molecule has 2 aromatic rings. The van der Waals surface area contributed by atoms with Crippen LogP contribution in [-0.2, 0) is 14.9 Å². The van der Waals surface area contributed by atoms with Crippen LogP contribution in [-0.4, -0.2) is 56.9 Å². The standard InChI is InChI=1S/C19H18ClFN4O3S/c1-24(2)29(26,27)19-17-10-22-18(13-5-3-4-6-15(13)21)14-9-12(20)7-8-16(14)25(17)11-28-23-19/h3-9,17H,10-11H2,1-2H3. The van der Waals surface area contributed by atoms with E-state index in [9.17, 15) is 12.8 Å². The van der Waals surface area contributed by atoms with Gasteiger partial charge in [-0.2, -0.15) is 0 Å². The minimum Gasteiger partial charge on any atom is -0.373 e. The zero-order valence-electron chi connectivity index (χ0n) is 15.7. The molecule has 1 atom stereocenters. The van der Waals surface area contributed by atoms with Crippen molar-refractivity contribution < 1.29 is 17.6 Å². The summed E-state index contributed by atoms with van der Waals surface area (Å²) in [4.78, 5) is 11.6. The molecule has 2 heterocycles. The van der Waals surface area contributed by atoms with Crippen LogP contribution in [0.1, 0.15) is 11.1 Å². The molecule has 0 saturated carbocycles. The molecule has 2 aliphatic rings. The number of sulfonamides is 1. The Kier molecular flexibility index (Phi) is 5.05. The summed E-state index contributed by atoms with van der Waals surface area (Å²) in [5, 5.41) is 4.14. The van der Waals surface area contributed by atoms with E-state index in [4.69, 9.17) is 16.4 Å². The summed E-state index contributed by atoms with van der Waals surface area (Å²) in [6, 6.07) is 10.7. The predicted molar refractivity (Wildman–Crippen MR) is 111 cm³/mol. The van der Waals surface area contributed by atoms with E-state index in [1.54, 1.807) is 41.3 Å². The number of nitrogens with zero attached hydrogens (tertiary/aromatic N) is 4. The van der Waals surface area contributed by atoms with Gasteiger partial charge in [0, 0.05) is 35.9 Å². The first-order valence-corrected chi connectivity index (χ1v) is 10.6. The van der Waals surface area contributed by atoms with Gasteiger partial charge in [-0.1, -0.05) is 28.9 Å². The van der Waals surface area contributed by atoms with Gasteiger partial charge in [-0.3, -0.25) is 4.99 Å². The van der Waals surface area contributed by atoms with E-state index in [1.165, 1.54) is 20.2 Å². The molecule has 0 spiro atoms. The van der Waals surface area contributed by atoms with Crippen molar-refractivity contribution in [1.82, 2.24) is 4.31 Å². The van der Waals surface area contributed by atoms with E-state index in [2.05, 4.69) is 10.1 Å². The van der Waals surface area contributed by atoms with Crippen molar-refractivity contribution in [3.63, 3.8) is 0 Å². The third-order valence-electron chi connectivity index (χ3n) is 4.83. The van der Waals surface area contributed by atoms with Gasteiger partial charge in [0.15, 0.2) is 6.73 Å². The van der Waals surface area contributed by atoms with E-state index in [1.807, 2.05) is 0 Å². The largest absolute Gasteiger partial charge is 0.373 e. The summed E-state index contributed by atoms with van der Waals surface area (Å²) < 4.78 is 41.2. The lowest BCUT2D eigenvalue weighted by Crippen LogP contribution is -2.52. The predicted octanol–water partition coefficient (Wildman–Crippen LogP) is 2.70. The lowest BCUT2D eigenvalue weighted by molar-refractivity contribution is 0.130. The summed E-state index contributed by atoms with van der Waals surface area (Å²) >= 11 is 6.22. The Morgan fingerprint density at radius 1 is 1.21 bits per heavy atom. The number of hydrogen-bond donors (Lipinski definition) is 0. The molecule has 0 fully saturated rings. The van der Waals surface area contributed by atoms with Gasteiger partial charge in [0.2, 0.25) is 5.04 Å². The van der Waals surface area contributed by atoms with E-state index in [-0.39, 0.29) is 18.3 Å². The van der Waals surface area contributed by atoms with Crippen LogP contribution in [0.5, 0.6) is 0 Å². The monoisotopic (exact) mass is 436 g/mol. The lowest BCUT2D eigenvalue weighted by atomic mass is 9.99. The maximum absolute atomic E-state index is 14.6. The van der Waals surface area contributed by atoms with E-state index >= 15 is 0 Å². The third-order valence-corrected chi connectivity index (χ3v) is 6.90. The highest BCUT2D eigenvalue weighted by Gasteiger charge is 2.40. The lowest BCUT2D eigenvalue weighted by Gasteiger charge is -2.35. The zero-order chi connectivity index (χ0) is 20.8. The molecule has 1 unspecified atom stereocenters. The molecule has 4 rings (SSSR count). The Bertz CT molecular complexity index is 1130. The maximum atomic E-state index is 14.6. The number of fused-ring (bicyclic) bond motifs is 3. The fraction of sp³-hybridized carbons (Fsp3) is 0.263. The second-order valence-corrected chi connectivity index (χ2v) is 9.33. The molecule has 152 valence electrons. The van der Waals surface area contributed by atoms with Gasteiger partial charge in [-0.15, -0.1) is 0 Å². The molecule has 0 aliphatic carbocycles. The van der Waals surface area contributed by atoms with Crippen molar-refractivity contribution in [3.8, 4) is 0 Å². The smallest absolute Gasteiger partial charge is 0.261 e. The van der Waals surface area contributed by atoms with Gasteiger partial charge in [0.05, 0.1) is 12.3 Å². The average molecular weight is 437 g/mol. The van der Waals surface area contributed by atoms with Crippen LogP contribution in [0.4, 0.5) is 10.1 Å². The molecule has 29 heavy (non-hydrogen) atoms. The summed E-state index contributed by atoms with van der Waals surface area (Å²) in [6.07, 6.45) is 0. The quantitative estimate of drug-likeness (QED) is 0.725. The Hall–Kier alpha value is -2.49. The fourth-order valence-corrected chi connectivity index (χ4v) is 4.59. The SMILES string of the molecule is CN(C)S(=O)(=O)C1=NOCN2c3ccc(Cl)cc3C(c3ccccc3F)=NCC12. The van der Waals surface area contributed by atoms with Crippen LogP contribution in [0.25, 0.3) is 0 Å². The van der Waals surface area contributed by atoms with Crippen LogP contribution < -0.4 is 4.90 Å². The van der Waals surface area contributed by atoms with Crippen molar-refractivity contribution in [2.75, 3.05) is 32.3 Å². The highest BCUT2D eigenvalue weighted by Crippen LogP contribution is 2.33. The van der Waals surface area contributed by atoms with Crippen LogP contribution in [0.2, 0.25) is 5.02 Å². The maximum Gasteiger partial charge on any atom is 0.261 e. The van der Waals surface area contributed by atoms with E-state index in [0.717, 1.165) is 4.31 Å². The number of aliphatic imine (C=N–C) groups is 1. The van der Waals surface area contributed by atoms with Crippen LogP contribution in [0.3, 0.4) is 0 Å². The molecule has 0 saturated heterocycles. The molecular formula is C19H18ClFN4O3S. The molecule has 7 nitrogen and oxygen atoms in total. The highest BCUT2D eigenvalue weighted by molar-refractivity contribution is 8.04. The Balaban J connectivity index is 1.92. The summed E-state index contributed by atoms with van der Waals surface area (Å²) in [6.45, 7) is 0.0943. The first kappa shape index (κ1) is 19.8. The summed E-state index contributed by atoms with van der Waals surface area (Å²) in [7, 11) is -0.989. The van der Waals surface area contributed by atoms with Crippen molar-refractivity contribution in [2.45, 2.75) is 6.04 Å². The van der Waals surface area contributed by atoms with Gasteiger partial charge in [0.25, 0.3) is 10.0 Å². The van der Waals surface area contributed by atoms with Crippen molar-refractivity contribution >= 4 is 38.1 Å². The molecule has 0 bridgehead atoms. The Labute approximate surface area is 173 Å². The van der Waals surface area contributed by atoms with Gasteiger partial charge in [-0.05, 0) is 30.3 Å². The number of anilines is 1. The van der Waals surface area contributed by atoms with E-state index in [0.29, 0.717) is 27.5 Å². The average Bonchev–Trinajstić information content (AvgIpc) is 2.84. The second kappa shape index (κ2) is 7.40. The van der Waals surface area contributed by atoms with Crippen molar-refractivity contribution in [1.29, 1.82) is 0 Å². The molecule has 2 aliphatic heterocycles. The number of halogens is 2. The fourth-order valence-electron chi connectivity index (χ4n) is 3.35. The van der Waals surface area contributed by atoms with Crippen LogP contribution in [0, 0.1) is 5.82 Å². The Morgan fingerprint density at radius 2 is 1.97 bits per heavy atom. The number of rotatable bonds is 2. The highest BCUT2D eigenvalue weighted by atomic mass is 35.5. The molecule has 0 amide bonds. The van der Waals surface area contributed by atoms with Crippen LogP contribution >= 0.6 is 11.6 Å². The van der Waals surface area contributed by atoms with Gasteiger partial charge in [0.1, 0.15) is 11.9 Å². The Morgan fingerprint density at radius 3 is 2.69 bits per heavy atom. The van der Waals surface area contributed by atoms with Crippen molar-refractivity contribution in [2.24, 2.45) is 10.1 Å². The summed E-state index contributed by atoms with van der Waals surface area (Å²) in [5.74, 6) is -0.428. The second-order valence-electron chi connectivity index (χ2n) is 6.79. The minimum absolute atomic E-state index is 0.0336. The van der Waals surface area contributed by atoms with Gasteiger partial charge in [-0.25, -0.2) is 17.1 Å².